The van der Waals surface area contributed by atoms with Gasteiger partial charge in [0.1, 0.15) is 17.7 Å². The number of aromatic nitrogens is 4. The van der Waals surface area contributed by atoms with E-state index >= 15 is 0 Å². The van der Waals surface area contributed by atoms with E-state index < -0.39 is 6.04 Å². The van der Waals surface area contributed by atoms with E-state index in [1.54, 1.807) is 19.1 Å². The second kappa shape index (κ2) is 9.23. The molecule has 1 aromatic carbocycles. The number of carbonyl (C=O) groups excluding carboxylic acids is 1. The zero-order valence-electron chi connectivity index (χ0n) is 15.6. The molecule has 1 aliphatic rings. The third-order valence-corrected chi connectivity index (χ3v) is 5.10. The Morgan fingerprint density at radius 2 is 2.00 bits per heavy atom. The maximum Gasteiger partial charge on any atom is 0.245 e. The van der Waals surface area contributed by atoms with Crippen molar-refractivity contribution in [3.63, 3.8) is 0 Å². The van der Waals surface area contributed by atoms with Gasteiger partial charge in [-0.25, -0.2) is 9.07 Å². The van der Waals surface area contributed by atoms with Crippen LogP contribution in [-0.4, -0.2) is 45.7 Å². The molecule has 0 saturated carbocycles. The third kappa shape index (κ3) is 5.46. The summed E-state index contributed by atoms with van der Waals surface area (Å²) in [5.74, 6) is 0.150. The average molecular weight is 397 g/mol. The smallest absolute Gasteiger partial charge is 0.245 e. The fourth-order valence-corrected chi connectivity index (χ4v) is 3.29. The van der Waals surface area contributed by atoms with E-state index in [0.717, 1.165) is 31.5 Å². The van der Waals surface area contributed by atoms with Crippen molar-refractivity contribution in [2.75, 3.05) is 19.6 Å². The monoisotopic (exact) mass is 396 g/mol. The van der Waals surface area contributed by atoms with Crippen LogP contribution in [0, 0.1) is 18.2 Å². The van der Waals surface area contributed by atoms with Crippen LogP contribution >= 0.6 is 12.4 Å². The van der Waals surface area contributed by atoms with Crippen LogP contribution in [-0.2, 0) is 11.2 Å². The number of benzene rings is 1. The van der Waals surface area contributed by atoms with Gasteiger partial charge >= 0.3 is 0 Å². The highest BCUT2D eigenvalue weighted by Gasteiger charge is 2.30. The largest absolute Gasteiger partial charge is 0.354 e. The number of rotatable bonds is 6. The van der Waals surface area contributed by atoms with Crippen LogP contribution in [0.4, 0.5) is 4.39 Å². The average Bonchev–Trinajstić information content (AvgIpc) is 3.06. The van der Waals surface area contributed by atoms with Gasteiger partial charge in [0.15, 0.2) is 0 Å². The van der Waals surface area contributed by atoms with Crippen molar-refractivity contribution in [1.29, 1.82) is 0 Å². The van der Waals surface area contributed by atoms with Gasteiger partial charge in [-0.2, -0.15) is 0 Å². The Kier molecular flexibility index (Phi) is 7.26. The van der Waals surface area contributed by atoms with Crippen molar-refractivity contribution in [2.24, 2.45) is 5.41 Å². The highest BCUT2D eigenvalue weighted by Crippen LogP contribution is 2.27. The van der Waals surface area contributed by atoms with Gasteiger partial charge in [0, 0.05) is 13.0 Å². The number of tetrazole rings is 1. The molecule has 1 unspecified atom stereocenters. The summed E-state index contributed by atoms with van der Waals surface area (Å²) in [6.45, 7) is 6.52. The minimum absolute atomic E-state index is 0. The number of hydrogen-bond donors (Lipinski definition) is 2. The molecule has 0 radical (unpaired) electrons. The van der Waals surface area contributed by atoms with Crippen LogP contribution in [0.2, 0.25) is 0 Å². The molecule has 9 heteroatoms. The van der Waals surface area contributed by atoms with Crippen molar-refractivity contribution in [3.05, 3.63) is 41.5 Å². The molecular formula is C18H26ClFN6O. The van der Waals surface area contributed by atoms with Gasteiger partial charge in [-0.3, -0.25) is 4.79 Å². The van der Waals surface area contributed by atoms with Crippen LogP contribution < -0.4 is 10.6 Å². The van der Waals surface area contributed by atoms with Crippen molar-refractivity contribution in [1.82, 2.24) is 30.8 Å². The lowest BCUT2D eigenvalue weighted by atomic mass is 9.81. The molecular weight excluding hydrogens is 371 g/mol. The van der Waals surface area contributed by atoms with Crippen molar-refractivity contribution in [2.45, 2.75) is 39.2 Å². The van der Waals surface area contributed by atoms with E-state index in [1.807, 2.05) is 0 Å². The topological polar surface area (TPSA) is 84.7 Å². The summed E-state index contributed by atoms with van der Waals surface area (Å²) in [7, 11) is 0. The Balaban J connectivity index is 0.00000261. The molecule has 1 fully saturated rings. The lowest BCUT2D eigenvalue weighted by Gasteiger charge is -2.34. The second-order valence-corrected chi connectivity index (χ2v) is 7.30. The SMILES string of the molecule is Cc1nnnn1C(Cc1ccc(F)cc1)C(=O)NCC1(C)CCNCC1.Cl. The molecule has 1 amide bonds. The number of nitrogens with one attached hydrogen (secondary N) is 2. The van der Waals surface area contributed by atoms with Gasteiger partial charge in [-0.15, -0.1) is 17.5 Å². The third-order valence-electron chi connectivity index (χ3n) is 5.10. The van der Waals surface area contributed by atoms with E-state index in [9.17, 15) is 9.18 Å². The predicted octanol–water partition coefficient (Wildman–Crippen LogP) is 1.83. The number of hydrogen-bond acceptors (Lipinski definition) is 5. The maximum absolute atomic E-state index is 13.2. The Bertz CT molecular complexity index is 745. The zero-order chi connectivity index (χ0) is 18.6. The summed E-state index contributed by atoms with van der Waals surface area (Å²) in [6, 6.07) is 5.59. The van der Waals surface area contributed by atoms with Crippen molar-refractivity contribution >= 4 is 18.3 Å². The highest BCUT2D eigenvalue weighted by molar-refractivity contribution is 5.85. The standard InChI is InChI=1S/C18H25FN6O.ClH/c1-13-22-23-24-25(13)16(11-14-3-5-15(19)6-4-14)17(26)21-12-18(2)7-9-20-10-8-18;/h3-6,16,20H,7-12H2,1-2H3,(H,21,26);1H. The Labute approximate surface area is 164 Å². The molecule has 1 aliphatic heterocycles. The van der Waals surface area contributed by atoms with Crippen LogP contribution in [0.1, 0.15) is 37.2 Å². The first-order chi connectivity index (χ1) is 12.5. The van der Waals surface area contributed by atoms with E-state index in [4.69, 9.17) is 0 Å². The van der Waals surface area contributed by atoms with Crippen LogP contribution in [0.3, 0.4) is 0 Å². The first-order valence-electron chi connectivity index (χ1n) is 8.94. The first kappa shape index (κ1) is 21.2. The predicted molar refractivity (Wildman–Crippen MR) is 102 cm³/mol. The minimum Gasteiger partial charge on any atom is -0.354 e. The first-order valence-corrected chi connectivity index (χ1v) is 8.94. The van der Waals surface area contributed by atoms with Gasteiger partial charge in [0.2, 0.25) is 5.91 Å². The molecule has 1 aromatic heterocycles. The van der Waals surface area contributed by atoms with Gasteiger partial charge in [-0.1, -0.05) is 19.1 Å². The van der Waals surface area contributed by atoms with Gasteiger partial charge in [0.05, 0.1) is 0 Å². The molecule has 7 nitrogen and oxygen atoms in total. The molecule has 1 atom stereocenters. The fourth-order valence-electron chi connectivity index (χ4n) is 3.29. The molecule has 0 spiro atoms. The molecule has 2 N–H and O–H groups in total. The summed E-state index contributed by atoms with van der Waals surface area (Å²) >= 11 is 0. The van der Waals surface area contributed by atoms with Gasteiger partial charge in [0.25, 0.3) is 0 Å². The van der Waals surface area contributed by atoms with Crippen LogP contribution in [0.25, 0.3) is 0 Å². The normalized spacial score (nSPS) is 17.0. The Morgan fingerprint density at radius 1 is 1.33 bits per heavy atom. The lowest BCUT2D eigenvalue weighted by Crippen LogP contribution is -2.45. The number of halogens is 2. The summed E-state index contributed by atoms with van der Waals surface area (Å²) in [4.78, 5) is 12.9. The number of carbonyl (C=O) groups is 1. The number of nitrogens with zero attached hydrogens (tertiary/aromatic N) is 4. The summed E-state index contributed by atoms with van der Waals surface area (Å²) in [5.41, 5.74) is 0.950. The van der Waals surface area contributed by atoms with Gasteiger partial charge in [-0.05, 0) is 66.4 Å². The molecule has 148 valence electrons. The summed E-state index contributed by atoms with van der Waals surface area (Å²) in [6.07, 6.45) is 2.45. The van der Waals surface area contributed by atoms with Crippen LogP contribution in [0.5, 0.6) is 0 Å². The quantitative estimate of drug-likeness (QED) is 0.778. The second-order valence-electron chi connectivity index (χ2n) is 7.30. The van der Waals surface area contributed by atoms with E-state index in [1.165, 1.54) is 16.8 Å². The van der Waals surface area contributed by atoms with E-state index in [2.05, 4.69) is 33.1 Å². The maximum atomic E-state index is 13.2. The highest BCUT2D eigenvalue weighted by atomic mass is 35.5. The van der Waals surface area contributed by atoms with Crippen molar-refractivity contribution < 1.29 is 9.18 Å². The molecule has 0 bridgehead atoms. The number of piperidine rings is 1. The summed E-state index contributed by atoms with van der Waals surface area (Å²) < 4.78 is 14.7. The Morgan fingerprint density at radius 3 is 2.59 bits per heavy atom. The molecule has 27 heavy (non-hydrogen) atoms. The van der Waals surface area contributed by atoms with Gasteiger partial charge < -0.3 is 10.6 Å². The van der Waals surface area contributed by atoms with E-state index in [0.29, 0.717) is 18.8 Å². The van der Waals surface area contributed by atoms with E-state index in [-0.39, 0.29) is 29.5 Å². The Hall–Kier alpha value is -2.06. The molecule has 0 aliphatic carbocycles. The van der Waals surface area contributed by atoms with Crippen LogP contribution in [0.15, 0.2) is 24.3 Å². The van der Waals surface area contributed by atoms with Crippen molar-refractivity contribution in [3.8, 4) is 0 Å². The lowest BCUT2D eigenvalue weighted by molar-refractivity contribution is -0.125. The molecule has 2 heterocycles. The molecule has 2 aromatic rings. The fraction of sp³-hybridized carbons (Fsp3) is 0.556. The number of aryl methyl sites for hydroxylation is 1. The zero-order valence-corrected chi connectivity index (χ0v) is 16.4. The minimum atomic E-state index is -0.569. The molecule has 1 saturated heterocycles. The number of amides is 1. The summed E-state index contributed by atoms with van der Waals surface area (Å²) in [5, 5.41) is 18.0. The molecule has 3 rings (SSSR count).